The first-order chi connectivity index (χ1) is 6.54. The normalized spacial score (nSPS) is 9.50. The predicted octanol–water partition coefficient (Wildman–Crippen LogP) is 2.01. The number of hydrogen-bond donors (Lipinski definition) is 1. The van der Waals surface area contributed by atoms with E-state index in [0.29, 0.717) is 6.42 Å². The van der Waals surface area contributed by atoms with Crippen molar-refractivity contribution in [1.29, 1.82) is 0 Å². The van der Waals surface area contributed by atoms with Crippen LogP contribution in [-0.4, -0.2) is 31.4 Å². The van der Waals surface area contributed by atoms with E-state index in [9.17, 15) is 4.79 Å². The summed E-state index contributed by atoms with van der Waals surface area (Å²) in [5.74, 6) is -0.182. The summed E-state index contributed by atoms with van der Waals surface area (Å²) >= 11 is 0. The molecular formula is C11H26N2O. The number of carbonyl (C=O) groups excluding carboxylic acids is 1. The minimum Gasteiger partial charge on any atom is -0.370 e. The Morgan fingerprint density at radius 1 is 1.14 bits per heavy atom. The van der Waals surface area contributed by atoms with Crippen molar-refractivity contribution in [2.75, 3.05) is 20.6 Å². The minimum absolute atomic E-state index is 0.182. The van der Waals surface area contributed by atoms with Crippen molar-refractivity contribution >= 4 is 5.91 Å². The molecule has 0 saturated heterocycles. The zero-order valence-corrected chi connectivity index (χ0v) is 10.2. The van der Waals surface area contributed by atoms with E-state index in [4.69, 9.17) is 5.73 Å². The lowest BCUT2D eigenvalue weighted by Crippen LogP contribution is -2.11. The Bertz CT molecular complexity index is 124. The predicted molar refractivity (Wildman–Crippen MR) is 62.2 cm³/mol. The minimum atomic E-state index is -0.182. The van der Waals surface area contributed by atoms with Gasteiger partial charge in [-0.25, -0.2) is 0 Å². The Morgan fingerprint density at radius 2 is 1.71 bits per heavy atom. The molecule has 0 heterocycles. The third-order valence-corrected chi connectivity index (χ3v) is 1.70. The maximum absolute atomic E-state index is 10.1. The molecule has 14 heavy (non-hydrogen) atoms. The zero-order chi connectivity index (χ0) is 11.4. The van der Waals surface area contributed by atoms with Crippen LogP contribution in [0.3, 0.4) is 0 Å². The highest BCUT2D eigenvalue weighted by Crippen LogP contribution is 1.96. The summed E-state index contributed by atoms with van der Waals surface area (Å²) in [5.41, 5.74) is 4.89. The van der Waals surface area contributed by atoms with Crippen molar-refractivity contribution in [1.82, 2.24) is 4.90 Å². The summed E-state index contributed by atoms with van der Waals surface area (Å²) in [6, 6.07) is 0. The number of unbranched alkanes of at least 4 members (excludes halogenated alkanes) is 2. The second-order valence-corrected chi connectivity index (χ2v) is 3.73. The van der Waals surface area contributed by atoms with Gasteiger partial charge in [0.25, 0.3) is 0 Å². The first-order valence-corrected chi connectivity index (χ1v) is 5.47. The van der Waals surface area contributed by atoms with Crippen molar-refractivity contribution in [2.24, 2.45) is 5.73 Å². The molecule has 0 unspecified atom stereocenters. The van der Waals surface area contributed by atoms with Crippen molar-refractivity contribution in [3.05, 3.63) is 0 Å². The van der Waals surface area contributed by atoms with Crippen LogP contribution in [0.5, 0.6) is 0 Å². The highest BCUT2D eigenvalue weighted by molar-refractivity contribution is 5.73. The highest BCUT2D eigenvalue weighted by atomic mass is 16.1. The second kappa shape index (κ2) is 12.4. The fraction of sp³-hybridized carbons (Fsp3) is 0.909. The van der Waals surface area contributed by atoms with Gasteiger partial charge in [0.1, 0.15) is 0 Å². The SMILES string of the molecule is CCCCCC(N)=O.CCCN(C)C. The van der Waals surface area contributed by atoms with Gasteiger partial charge in [-0.3, -0.25) is 4.79 Å². The molecule has 0 aromatic heterocycles. The van der Waals surface area contributed by atoms with Crippen LogP contribution < -0.4 is 5.73 Å². The van der Waals surface area contributed by atoms with E-state index >= 15 is 0 Å². The van der Waals surface area contributed by atoms with Crippen LogP contribution in [0.15, 0.2) is 0 Å². The summed E-state index contributed by atoms with van der Waals surface area (Å²) in [7, 11) is 4.17. The molecule has 3 nitrogen and oxygen atoms in total. The molecule has 0 fully saturated rings. The van der Waals surface area contributed by atoms with E-state index in [1.165, 1.54) is 13.0 Å². The van der Waals surface area contributed by atoms with Gasteiger partial charge in [-0.15, -0.1) is 0 Å². The quantitative estimate of drug-likeness (QED) is 0.670. The molecule has 3 heteroatoms. The van der Waals surface area contributed by atoms with Crippen LogP contribution in [0, 0.1) is 0 Å². The third-order valence-electron chi connectivity index (χ3n) is 1.70. The van der Waals surface area contributed by atoms with Gasteiger partial charge >= 0.3 is 0 Å². The van der Waals surface area contributed by atoms with Crippen LogP contribution in [0.4, 0.5) is 0 Å². The molecule has 0 rings (SSSR count). The Hall–Kier alpha value is -0.570. The molecule has 2 N–H and O–H groups in total. The van der Waals surface area contributed by atoms with Gasteiger partial charge in [0.05, 0.1) is 0 Å². The Kier molecular flexibility index (Phi) is 14.1. The maximum Gasteiger partial charge on any atom is 0.217 e. The van der Waals surface area contributed by atoms with Crippen molar-refractivity contribution in [3.8, 4) is 0 Å². The van der Waals surface area contributed by atoms with Gasteiger partial charge in [-0.2, -0.15) is 0 Å². The largest absolute Gasteiger partial charge is 0.370 e. The first kappa shape index (κ1) is 15.9. The number of primary amides is 1. The summed E-state index contributed by atoms with van der Waals surface area (Å²) < 4.78 is 0. The Labute approximate surface area is 88.7 Å². The molecule has 0 aromatic carbocycles. The van der Waals surface area contributed by atoms with Gasteiger partial charge in [-0.05, 0) is 33.5 Å². The first-order valence-electron chi connectivity index (χ1n) is 5.47. The number of carbonyl (C=O) groups is 1. The van der Waals surface area contributed by atoms with Gasteiger partial charge < -0.3 is 10.6 Å². The average molecular weight is 202 g/mol. The van der Waals surface area contributed by atoms with Gasteiger partial charge in [0, 0.05) is 6.42 Å². The van der Waals surface area contributed by atoms with Crippen LogP contribution in [0.1, 0.15) is 46.0 Å². The monoisotopic (exact) mass is 202 g/mol. The molecule has 0 aliphatic carbocycles. The molecule has 0 bridgehead atoms. The van der Waals surface area contributed by atoms with Crippen molar-refractivity contribution < 1.29 is 4.79 Å². The summed E-state index contributed by atoms with van der Waals surface area (Å²) in [6.07, 6.45) is 5.02. The molecule has 0 atom stereocenters. The summed E-state index contributed by atoms with van der Waals surface area (Å²) in [6.45, 7) is 5.49. The zero-order valence-electron chi connectivity index (χ0n) is 10.2. The van der Waals surface area contributed by atoms with Gasteiger partial charge in [-0.1, -0.05) is 26.7 Å². The lowest BCUT2D eigenvalue weighted by atomic mass is 10.2. The molecular weight excluding hydrogens is 176 g/mol. The topological polar surface area (TPSA) is 46.3 Å². The molecule has 86 valence electrons. The lowest BCUT2D eigenvalue weighted by molar-refractivity contribution is -0.118. The van der Waals surface area contributed by atoms with Crippen molar-refractivity contribution in [3.63, 3.8) is 0 Å². The second-order valence-electron chi connectivity index (χ2n) is 3.73. The number of rotatable bonds is 6. The molecule has 0 spiro atoms. The van der Waals surface area contributed by atoms with E-state index in [-0.39, 0.29) is 5.91 Å². The molecule has 0 aliphatic rings. The van der Waals surface area contributed by atoms with Crippen LogP contribution in [-0.2, 0) is 4.79 Å². The molecule has 0 saturated carbocycles. The summed E-state index contributed by atoms with van der Waals surface area (Å²) in [4.78, 5) is 12.3. The third kappa shape index (κ3) is 22.5. The number of hydrogen-bond acceptors (Lipinski definition) is 2. The maximum atomic E-state index is 10.1. The average Bonchev–Trinajstić information content (AvgIpc) is 2.05. The highest BCUT2D eigenvalue weighted by Gasteiger charge is 1.90. The Morgan fingerprint density at radius 3 is 1.93 bits per heavy atom. The van der Waals surface area contributed by atoms with Gasteiger partial charge in [0.15, 0.2) is 0 Å². The summed E-state index contributed by atoms with van der Waals surface area (Å²) in [5, 5.41) is 0. The number of amides is 1. The standard InChI is InChI=1S/C6H13NO.C5H13N/c1-2-3-4-5-6(7)8;1-4-5-6(2)3/h2-5H2,1H3,(H2,7,8);4-5H2,1-3H3. The smallest absolute Gasteiger partial charge is 0.217 e. The lowest BCUT2D eigenvalue weighted by Gasteiger charge is -2.03. The Balaban J connectivity index is 0. The van der Waals surface area contributed by atoms with E-state index in [2.05, 4.69) is 32.8 Å². The number of nitrogens with two attached hydrogens (primary N) is 1. The number of nitrogens with zero attached hydrogens (tertiary/aromatic N) is 1. The molecule has 0 radical (unpaired) electrons. The van der Waals surface area contributed by atoms with Crippen LogP contribution in [0.2, 0.25) is 0 Å². The van der Waals surface area contributed by atoms with E-state index in [0.717, 1.165) is 19.3 Å². The molecule has 0 aromatic rings. The van der Waals surface area contributed by atoms with E-state index in [1.54, 1.807) is 0 Å². The molecule has 0 aliphatic heterocycles. The van der Waals surface area contributed by atoms with Gasteiger partial charge in [0.2, 0.25) is 5.91 Å². The fourth-order valence-corrected chi connectivity index (χ4v) is 0.996. The van der Waals surface area contributed by atoms with Crippen molar-refractivity contribution in [2.45, 2.75) is 46.0 Å². The molecule has 1 amide bonds. The van der Waals surface area contributed by atoms with E-state index in [1.807, 2.05) is 0 Å². The van der Waals surface area contributed by atoms with Crippen LogP contribution >= 0.6 is 0 Å². The fourth-order valence-electron chi connectivity index (χ4n) is 0.996. The van der Waals surface area contributed by atoms with E-state index < -0.39 is 0 Å². The van der Waals surface area contributed by atoms with Crippen LogP contribution in [0.25, 0.3) is 0 Å².